The van der Waals surface area contributed by atoms with E-state index in [0.29, 0.717) is 22.9 Å². The maximum atomic E-state index is 12.4. The number of hydrogen-bond donors (Lipinski definition) is 1. The Morgan fingerprint density at radius 1 is 1.03 bits per heavy atom. The minimum Gasteiger partial charge on any atom is -0.488 e. The molecule has 0 radical (unpaired) electrons. The van der Waals surface area contributed by atoms with Gasteiger partial charge in [0.2, 0.25) is 5.91 Å². The number of benzene rings is 3. The molecule has 0 fully saturated rings. The summed E-state index contributed by atoms with van der Waals surface area (Å²) in [5.74, 6) is -0.0548. The lowest BCUT2D eigenvalue weighted by molar-refractivity contribution is -0.116. The summed E-state index contributed by atoms with van der Waals surface area (Å²) in [4.78, 5) is 12.4. The van der Waals surface area contributed by atoms with Crippen LogP contribution in [-0.2, 0) is 21.2 Å². The first-order chi connectivity index (χ1) is 15.7. The van der Waals surface area contributed by atoms with E-state index in [9.17, 15) is 13.2 Å². The summed E-state index contributed by atoms with van der Waals surface area (Å²) in [5.41, 5.74) is 1.61. The third-order valence-corrected chi connectivity index (χ3v) is 7.84. The maximum absolute atomic E-state index is 12.4. The third kappa shape index (κ3) is 7.71. The Labute approximate surface area is 215 Å². The number of carbonyl (C=O) groups is 1. The van der Waals surface area contributed by atoms with Crippen molar-refractivity contribution in [1.82, 2.24) is 5.32 Å². The summed E-state index contributed by atoms with van der Waals surface area (Å²) in [6, 6.07) is 19.2. The normalized spacial score (nSPS) is 11.5. The maximum Gasteiger partial charge on any atom is 0.244 e. The van der Waals surface area contributed by atoms with Gasteiger partial charge in [0.25, 0.3) is 0 Å². The van der Waals surface area contributed by atoms with Gasteiger partial charge < -0.3 is 10.1 Å². The molecule has 3 rings (SSSR count). The van der Waals surface area contributed by atoms with Crippen molar-refractivity contribution < 1.29 is 17.9 Å². The van der Waals surface area contributed by atoms with Crippen LogP contribution in [-0.4, -0.2) is 26.6 Å². The lowest BCUT2D eigenvalue weighted by Gasteiger charge is -2.11. The molecular weight excluding hydrogens is 594 g/mol. The fourth-order valence-corrected chi connectivity index (χ4v) is 4.85. The fourth-order valence-electron chi connectivity index (χ4n) is 2.84. The first kappa shape index (κ1) is 25.5. The van der Waals surface area contributed by atoms with Gasteiger partial charge in [-0.1, -0.05) is 61.7 Å². The zero-order valence-corrected chi connectivity index (χ0v) is 22.0. The van der Waals surface area contributed by atoms with Gasteiger partial charge in [0.15, 0.2) is 9.84 Å². The van der Waals surface area contributed by atoms with Gasteiger partial charge in [0, 0.05) is 37.7 Å². The topological polar surface area (TPSA) is 72.5 Å². The van der Waals surface area contributed by atoms with Gasteiger partial charge in [-0.2, -0.15) is 0 Å². The molecule has 0 aliphatic heterocycles. The average molecular weight is 614 g/mol. The Morgan fingerprint density at radius 2 is 1.76 bits per heavy atom. The first-order valence-corrected chi connectivity index (χ1v) is 13.5. The zero-order chi connectivity index (χ0) is 23.8. The Hall–Kier alpha value is -2.13. The number of sulfone groups is 1. The highest BCUT2D eigenvalue weighted by Crippen LogP contribution is 2.26. The van der Waals surface area contributed by atoms with E-state index in [1.54, 1.807) is 36.4 Å². The zero-order valence-electron chi connectivity index (χ0n) is 17.3. The van der Waals surface area contributed by atoms with Gasteiger partial charge in [-0.15, -0.1) is 0 Å². The van der Waals surface area contributed by atoms with Crippen LogP contribution in [0.25, 0.3) is 6.08 Å². The highest BCUT2D eigenvalue weighted by molar-refractivity contribution is 9.10. The molecule has 5 nitrogen and oxygen atoms in total. The summed E-state index contributed by atoms with van der Waals surface area (Å²) in [7, 11) is -3.49. The second-order valence-corrected chi connectivity index (χ2v) is 11.3. The number of ether oxygens (including phenoxy) is 1. The van der Waals surface area contributed by atoms with Crippen molar-refractivity contribution >= 4 is 65.3 Å². The molecule has 0 aliphatic carbocycles. The summed E-state index contributed by atoms with van der Waals surface area (Å²) < 4.78 is 32.4. The van der Waals surface area contributed by atoms with Gasteiger partial charge in [-0.25, -0.2) is 8.42 Å². The van der Waals surface area contributed by atoms with Crippen molar-refractivity contribution in [2.24, 2.45) is 0 Å². The Kier molecular flexibility index (Phi) is 9.14. The van der Waals surface area contributed by atoms with Gasteiger partial charge in [-0.3, -0.25) is 4.79 Å². The number of halogens is 3. The van der Waals surface area contributed by atoms with E-state index in [1.807, 2.05) is 24.3 Å². The van der Waals surface area contributed by atoms with Gasteiger partial charge >= 0.3 is 0 Å². The van der Waals surface area contributed by atoms with Crippen LogP contribution in [0.2, 0.25) is 5.02 Å². The molecule has 3 aromatic rings. The first-order valence-electron chi connectivity index (χ1n) is 9.84. The molecule has 0 atom stereocenters. The fraction of sp³-hybridized carbons (Fsp3) is 0.125. The number of carbonyl (C=O) groups excluding carboxylic acids is 1. The molecule has 9 heteroatoms. The molecule has 0 spiro atoms. The molecule has 0 aliphatic rings. The molecule has 0 bridgehead atoms. The van der Waals surface area contributed by atoms with Crippen LogP contribution >= 0.6 is 43.5 Å². The van der Waals surface area contributed by atoms with E-state index < -0.39 is 15.7 Å². The number of hydrogen-bond acceptors (Lipinski definition) is 4. The highest BCUT2D eigenvalue weighted by atomic mass is 79.9. The third-order valence-electron chi connectivity index (χ3n) is 4.57. The quantitative estimate of drug-likeness (QED) is 0.299. The SMILES string of the molecule is O=C(/C=C/c1cc(Cl)ccc1OCc1ccccc1Br)NCCS(=O)(=O)c1ccc(Br)cc1. The van der Waals surface area contributed by atoms with Crippen molar-refractivity contribution in [3.63, 3.8) is 0 Å². The number of nitrogens with one attached hydrogen (secondary N) is 1. The van der Waals surface area contributed by atoms with Gasteiger partial charge in [0.05, 0.1) is 10.6 Å². The molecule has 0 unspecified atom stereocenters. The van der Waals surface area contributed by atoms with Crippen LogP contribution in [0.1, 0.15) is 11.1 Å². The second kappa shape index (κ2) is 11.8. The average Bonchev–Trinajstić information content (AvgIpc) is 2.78. The minimum absolute atomic E-state index is 0.0114. The molecule has 1 amide bonds. The van der Waals surface area contributed by atoms with E-state index in [-0.39, 0.29) is 17.2 Å². The van der Waals surface area contributed by atoms with Crippen molar-refractivity contribution in [3.05, 3.63) is 97.9 Å². The Bertz CT molecular complexity index is 1260. The predicted octanol–water partition coefficient (Wildman–Crippen LogP) is 6.05. The minimum atomic E-state index is -3.49. The van der Waals surface area contributed by atoms with Crippen LogP contribution in [0.3, 0.4) is 0 Å². The molecule has 0 heterocycles. The molecule has 33 heavy (non-hydrogen) atoms. The van der Waals surface area contributed by atoms with Crippen LogP contribution in [0.4, 0.5) is 0 Å². The second-order valence-electron chi connectivity index (χ2n) is 6.96. The van der Waals surface area contributed by atoms with Crippen molar-refractivity contribution in [1.29, 1.82) is 0 Å². The number of rotatable bonds is 9. The van der Waals surface area contributed by atoms with Crippen LogP contribution in [0.15, 0.2) is 86.6 Å². The smallest absolute Gasteiger partial charge is 0.244 e. The Balaban J connectivity index is 1.59. The van der Waals surface area contributed by atoms with Crippen molar-refractivity contribution in [3.8, 4) is 5.75 Å². The molecule has 172 valence electrons. The predicted molar refractivity (Wildman–Crippen MR) is 138 cm³/mol. The van der Waals surface area contributed by atoms with E-state index in [4.69, 9.17) is 16.3 Å². The lowest BCUT2D eigenvalue weighted by atomic mass is 10.2. The largest absolute Gasteiger partial charge is 0.488 e. The Morgan fingerprint density at radius 3 is 2.48 bits per heavy atom. The standard InChI is InChI=1S/C24H20Br2ClNO4S/c25-19-6-9-21(10-7-19)33(30,31)14-13-28-24(29)12-5-17-15-20(27)8-11-23(17)32-16-18-3-1-2-4-22(18)26/h1-12,15H,13-14,16H2,(H,28,29)/b12-5+. The monoisotopic (exact) mass is 611 g/mol. The van der Waals surface area contributed by atoms with E-state index in [0.717, 1.165) is 14.5 Å². The van der Waals surface area contributed by atoms with Crippen LogP contribution < -0.4 is 10.1 Å². The molecule has 3 aromatic carbocycles. The molecular formula is C24H20Br2ClNO4S. The van der Waals surface area contributed by atoms with Crippen LogP contribution in [0.5, 0.6) is 5.75 Å². The van der Waals surface area contributed by atoms with E-state index in [2.05, 4.69) is 37.2 Å². The lowest BCUT2D eigenvalue weighted by Crippen LogP contribution is -2.27. The summed E-state index contributed by atoms with van der Waals surface area (Å²) in [6.45, 7) is 0.326. The van der Waals surface area contributed by atoms with Gasteiger partial charge in [-0.05, 0) is 54.6 Å². The molecule has 1 N–H and O–H groups in total. The molecule has 0 saturated carbocycles. The van der Waals surface area contributed by atoms with Crippen molar-refractivity contribution in [2.75, 3.05) is 12.3 Å². The summed E-state index contributed by atoms with van der Waals surface area (Å²) in [6.07, 6.45) is 2.91. The van der Waals surface area contributed by atoms with Gasteiger partial charge in [0.1, 0.15) is 12.4 Å². The highest BCUT2D eigenvalue weighted by Gasteiger charge is 2.14. The van der Waals surface area contributed by atoms with E-state index in [1.165, 1.54) is 18.2 Å². The van der Waals surface area contributed by atoms with Crippen LogP contribution in [0, 0.1) is 0 Å². The van der Waals surface area contributed by atoms with E-state index >= 15 is 0 Å². The van der Waals surface area contributed by atoms with Crippen molar-refractivity contribution in [2.45, 2.75) is 11.5 Å². The number of amides is 1. The summed E-state index contributed by atoms with van der Waals surface area (Å²) in [5, 5.41) is 3.10. The molecule has 0 saturated heterocycles. The molecule has 0 aromatic heterocycles. The summed E-state index contributed by atoms with van der Waals surface area (Å²) >= 11 is 12.9.